The molecule has 0 saturated heterocycles. The smallest absolute Gasteiger partial charge is 0.255 e. The van der Waals surface area contributed by atoms with Crippen molar-refractivity contribution in [1.82, 2.24) is 4.98 Å². The van der Waals surface area contributed by atoms with E-state index in [1.807, 2.05) is 78.2 Å². The van der Waals surface area contributed by atoms with Gasteiger partial charge < -0.3 is 5.32 Å². The zero-order chi connectivity index (χ0) is 19.9. The molecule has 0 saturated carbocycles. The van der Waals surface area contributed by atoms with E-state index in [9.17, 15) is 4.79 Å². The van der Waals surface area contributed by atoms with Crippen molar-refractivity contribution in [3.05, 3.63) is 101 Å². The Kier molecular flexibility index (Phi) is 5.73. The molecule has 5 nitrogen and oxygen atoms in total. The molecule has 0 aliphatic rings. The third-order valence-electron chi connectivity index (χ3n) is 4.15. The zero-order valence-corrected chi connectivity index (χ0v) is 16.3. The lowest BCUT2D eigenvalue weighted by Crippen LogP contribution is -2.11. The van der Waals surface area contributed by atoms with E-state index < -0.39 is 0 Å². The Balaban J connectivity index is 1.38. The van der Waals surface area contributed by atoms with Crippen LogP contribution >= 0.6 is 11.3 Å². The second-order valence-corrected chi connectivity index (χ2v) is 7.07. The van der Waals surface area contributed by atoms with Crippen molar-refractivity contribution in [2.24, 2.45) is 5.10 Å². The first-order valence-corrected chi connectivity index (χ1v) is 9.92. The van der Waals surface area contributed by atoms with Gasteiger partial charge >= 0.3 is 0 Å². The Morgan fingerprint density at radius 1 is 0.897 bits per heavy atom. The lowest BCUT2D eigenvalue weighted by Gasteiger charge is -2.06. The number of anilines is 2. The zero-order valence-electron chi connectivity index (χ0n) is 15.4. The van der Waals surface area contributed by atoms with Gasteiger partial charge in [0.1, 0.15) is 0 Å². The van der Waals surface area contributed by atoms with E-state index in [1.54, 1.807) is 18.3 Å². The highest BCUT2D eigenvalue weighted by atomic mass is 32.1. The molecule has 2 N–H and O–H groups in total. The lowest BCUT2D eigenvalue weighted by molar-refractivity contribution is 0.102. The Hall–Kier alpha value is -3.77. The number of benzene rings is 3. The van der Waals surface area contributed by atoms with Crippen LogP contribution in [0.1, 0.15) is 15.9 Å². The normalized spacial score (nSPS) is 10.8. The van der Waals surface area contributed by atoms with Gasteiger partial charge in [0, 0.05) is 22.2 Å². The minimum atomic E-state index is -0.130. The molecule has 0 radical (unpaired) electrons. The second kappa shape index (κ2) is 8.95. The average molecular weight is 398 g/mol. The van der Waals surface area contributed by atoms with Crippen molar-refractivity contribution >= 4 is 34.3 Å². The highest BCUT2D eigenvalue weighted by Gasteiger charge is 2.07. The molecular weight excluding hydrogens is 380 g/mol. The summed E-state index contributed by atoms with van der Waals surface area (Å²) in [4.78, 5) is 16.8. The molecule has 1 amide bonds. The molecule has 1 aromatic heterocycles. The fraction of sp³-hybridized carbons (Fsp3) is 0. The second-order valence-electron chi connectivity index (χ2n) is 6.22. The molecule has 4 rings (SSSR count). The van der Waals surface area contributed by atoms with Crippen LogP contribution in [-0.4, -0.2) is 17.1 Å². The summed E-state index contributed by atoms with van der Waals surface area (Å²) in [7, 11) is 0. The Bertz CT molecular complexity index is 1110. The molecule has 0 spiro atoms. The van der Waals surface area contributed by atoms with E-state index in [0.717, 1.165) is 22.5 Å². The van der Waals surface area contributed by atoms with E-state index in [2.05, 4.69) is 20.8 Å². The molecule has 4 aromatic rings. The van der Waals surface area contributed by atoms with Gasteiger partial charge in [0.2, 0.25) is 5.13 Å². The number of hydrazone groups is 1. The van der Waals surface area contributed by atoms with Gasteiger partial charge in [-0.3, -0.25) is 10.2 Å². The molecular formula is C23H18N4OS. The van der Waals surface area contributed by atoms with Crippen LogP contribution in [0.5, 0.6) is 0 Å². The van der Waals surface area contributed by atoms with E-state index in [-0.39, 0.29) is 5.91 Å². The monoisotopic (exact) mass is 398 g/mol. The third kappa shape index (κ3) is 4.94. The third-order valence-corrected chi connectivity index (χ3v) is 4.90. The largest absolute Gasteiger partial charge is 0.322 e. The summed E-state index contributed by atoms with van der Waals surface area (Å²) in [6.45, 7) is 0. The van der Waals surface area contributed by atoms with Gasteiger partial charge in [-0.15, -0.1) is 11.3 Å². The topological polar surface area (TPSA) is 66.4 Å². The number of carbonyl (C=O) groups is 1. The number of hydrogen-bond acceptors (Lipinski definition) is 5. The van der Waals surface area contributed by atoms with Gasteiger partial charge in [0.15, 0.2) is 0 Å². The van der Waals surface area contributed by atoms with Crippen LogP contribution in [0.4, 0.5) is 10.8 Å². The predicted octanol–water partition coefficient (Wildman–Crippen LogP) is 5.51. The maximum absolute atomic E-state index is 12.2. The van der Waals surface area contributed by atoms with Crippen LogP contribution in [0.3, 0.4) is 0 Å². The molecule has 0 fully saturated rings. The van der Waals surface area contributed by atoms with Gasteiger partial charge in [-0.1, -0.05) is 60.7 Å². The van der Waals surface area contributed by atoms with E-state index in [4.69, 9.17) is 0 Å². The van der Waals surface area contributed by atoms with Crippen molar-refractivity contribution in [2.75, 3.05) is 10.7 Å². The van der Waals surface area contributed by atoms with Crippen molar-refractivity contribution in [2.45, 2.75) is 0 Å². The average Bonchev–Trinajstić information content (AvgIpc) is 3.24. The summed E-state index contributed by atoms with van der Waals surface area (Å²) in [5.41, 5.74) is 7.17. The van der Waals surface area contributed by atoms with Crippen molar-refractivity contribution in [3.63, 3.8) is 0 Å². The van der Waals surface area contributed by atoms with Crippen LogP contribution in [-0.2, 0) is 0 Å². The first kappa shape index (κ1) is 18.6. The van der Waals surface area contributed by atoms with E-state index in [0.29, 0.717) is 10.7 Å². The fourth-order valence-electron chi connectivity index (χ4n) is 2.68. The first-order chi connectivity index (χ1) is 14.3. The molecule has 0 atom stereocenters. The Morgan fingerprint density at radius 3 is 2.31 bits per heavy atom. The van der Waals surface area contributed by atoms with Gasteiger partial charge in [0.25, 0.3) is 5.91 Å². The summed E-state index contributed by atoms with van der Waals surface area (Å²) >= 11 is 1.49. The van der Waals surface area contributed by atoms with Gasteiger partial charge in [-0.05, 0) is 29.8 Å². The molecule has 3 aromatic carbocycles. The molecule has 0 aliphatic carbocycles. The van der Waals surface area contributed by atoms with Gasteiger partial charge in [0.05, 0.1) is 11.9 Å². The number of amides is 1. The maximum atomic E-state index is 12.2. The van der Waals surface area contributed by atoms with Crippen LogP contribution in [0.15, 0.2) is 95.4 Å². The van der Waals surface area contributed by atoms with Gasteiger partial charge in [-0.2, -0.15) is 5.10 Å². The number of rotatable bonds is 6. The molecule has 6 heteroatoms. The van der Waals surface area contributed by atoms with Crippen LogP contribution in [0, 0.1) is 0 Å². The minimum Gasteiger partial charge on any atom is -0.322 e. The van der Waals surface area contributed by atoms with E-state index >= 15 is 0 Å². The van der Waals surface area contributed by atoms with Gasteiger partial charge in [-0.25, -0.2) is 4.98 Å². The summed E-state index contributed by atoms with van der Waals surface area (Å²) in [6, 6.07) is 26.6. The molecule has 142 valence electrons. The standard InChI is InChI=1S/C23H18N4OS/c28-22(19-9-5-2-6-10-19)25-20-13-11-18(12-14-20)21-16-29-23(26-21)27-24-15-17-7-3-1-4-8-17/h1-16H,(H,25,28)(H,26,27)/b24-15-. The first-order valence-electron chi connectivity index (χ1n) is 9.04. The SMILES string of the molecule is O=C(Nc1ccc(-c2csc(N/N=C\c3ccccc3)n2)cc1)c1ccccc1. The highest BCUT2D eigenvalue weighted by Crippen LogP contribution is 2.26. The minimum absolute atomic E-state index is 0.130. The summed E-state index contributed by atoms with van der Waals surface area (Å²) in [5.74, 6) is -0.130. The molecule has 0 unspecified atom stereocenters. The maximum Gasteiger partial charge on any atom is 0.255 e. The summed E-state index contributed by atoms with van der Waals surface area (Å²) < 4.78 is 0. The lowest BCUT2D eigenvalue weighted by atomic mass is 10.1. The number of aromatic nitrogens is 1. The molecule has 0 aliphatic heterocycles. The number of nitrogens with zero attached hydrogens (tertiary/aromatic N) is 2. The van der Waals surface area contributed by atoms with Crippen molar-refractivity contribution in [1.29, 1.82) is 0 Å². The number of carbonyl (C=O) groups excluding carboxylic acids is 1. The van der Waals surface area contributed by atoms with Crippen molar-refractivity contribution < 1.29 is 4.79 Å². The molecule has 0 bridgehead atoms. The number of hydrogen-bond donors (Lipinski definition) is 2. The molecule has 1 heterocycles. The van der Waals surface area contributed by atoms with Crippen molar-refractivity contribution in [3.8, 4) is 11.3 Å². The summed E-state index contributed by atoms with van der Waals surface area (Å²) in [6.07, 6.45) is 1.76. The number of thiazole rings is 1. The fourth-order valence-corrected chi connectivity index (χ4v) is 3.34. The summed E-state index contributed by atoms with van der Waals surface area (Å²) in [5, 5.41) is 9.80. The van der Waals surface area contributed by atoms with Crippen LogP contribution in [0.2, 0.25) is 0 Å². The predicted molar refractivity (Wildman–Crippen MR) is 120 cm³/mol. The van der Waals surface area contributed by atoms with Crippen LogP contribution in [0.25, 0.3) is 11.3 Å². The molecule has 29 heavy (non-hydrogen) atoms. The number of nitrogens with one attached hydrogen (secondary N) is 2. The quantitative estimate of drug-likeness (QED) is 0.332. The Labute approximate surface area is 172 Å². The van der Waals surface area contributed by atoms with Crippen LogP contribution < -0.4 is 10.7 Å². The van der Waals surface area contributed by atoms with E-state index in [1.165, 1.54) is 11.3 Å². The Morgan fingerprint density at radius 2 is 1.59 bits per heavy atom. The highest BCUT2D eigenvalue weighted by molar-refractivity contribution is 7.14.